The summed E-state index contributed by atoms with van der Waals surface area (Å²) < 4.78 is 5.09. The summed E-state index contributed by atoms with van der Waals surface area (Å²) >= 11 is 0. The number of hydrogen-bond donors (Lipinski definition) is 0. The molecule has 1 saturated heterocycles. The minimum absolute atomic E-state index is 0.462. The summed E-state index contributed by atoms with van der Waals surface area (Å²) in [7, 11) is 5.37. The van der Waals surface area contributed by atoms with Crippen molar-refractivity contribution < 1.29 is 14.4 Å². The van der Waals surface area contributed by atoms with Gasteiger partial charge in [0.05, 0.1) is 12.3 Å². The highest BCUT2D eigenvalue weighted by Crippen LogP contribution is 2.18. The summed E-state index contributed by atoms with van der Waals surface area (Å²) in [5.41, 5.74) is 4.12. The number of carbonyl (C=O) groups excluding carboxylic acids is 1. The number of nitrogens with zero attached hydrogens (tertiary/aromatic N) is 2. The van der Waals surface area contributed by atoms with Crippen LogP contribution < -0.4 is 0 Å². The molecule has 0 amide bonds. The largest absolute Gasteiger partial charge is 0.399 e. The third kappa shape index (κ3) is 5.79. The van der Waals surface area contributed by atoms with Gasteiger partial charge < -0.3 is 9.57 Å². The highest BCUT2D eigenvalue weighted by atomic mass is 16.6. The quantitative estimate of drug-likeness (QED) is 0.609. The van der Waals surface area contributed by atoms with Gasteiger partial charge in [-0.25, -0.2) is 0 Å². The van der Waals surface area contributed by atoms with E-state index >= 15 is 0 Å². The lowest BCUT2D eigenvalue weighted by Gasteiger charge is -2.16. The fourth-order valence-electron chi connectivity index (χ4n) is 2.87. The second-order valence-electron chi connectivity index (χ2n) is 6.17. The van der Waals surface area contributed by atoms with Crippen molar-refractivity contribution >= 4 is 12.0 Å². The fourth-order valence-corrected chi connectivity index (χ4v) is 2.87. The molecule has 1 aliphatic heterocycles. The minimum atomic E-state index is 0.462. The Morgan fingerprint density at radius 1 is 1.08 bits per heavy atom. The lowest BCUT2D eigenvalue weighted by molar-refractivity contribution is 0.112. The summed E-state index contributed by atoms with van der Waals surface area (Å²) in [5, 5.41) is 3.93. The number of aldehydes is 1. The van der Waals surface area contributed by atoms with Crippen molar-refractivity contribution in [3.8, 4) is 11.1 Å². The third-order valence-electron chi connectivity index (χ3n) is 4.26. The number of methoxy groups -OCH3 is 1. The molecule has 2 aromatic rings. The molecule has 0 saturated carbocycles. The van der Waals surface area contributed by atoms with Crippen LogP contribution >= 0.6 is 0 Å². The first-order valence-electron chi connectivity index (χ1n) is 8.56. The number of rotatable bonds is 5. The first-order chi connectivity index (χ1) is 12.7. The Morgan fingerprint density at radius 2 is 1.73 bits per heavy atom. The highest BCUT2D eigenvalue weighted by Gasteiger charge is 2.26. The first-order valence-corrected chi connectivity index (χ1v) is 8.56. The molecule has 1 atom stereocenters. The van der Waals surface area contributed by atoms with E-state index in [1.807, 2.05) is 42.5 Å². The zero-order chi connectivity index (χ0) is 18.8. The molecule has 1 heterocycles. The summed E-state index contributed by atoms with van der Waals surface area (Å²) in [5.74, 6) is 0. The van der Waals surface area contributed by atoms with Crippen LogP contribution in [0.4, 0.5) is 0 Å². The Morgan fingerprint density at radius 3 is 2.31 bits per heavy atom. The Kier molecular flexibility index (Phi) is 7.99. The van der Waals surface area contributed by atoms with Gasteiger partial charge >= 0.3 is 0 Å². The van der Waals surface area contributed by atoms with Gasteiger partial charge in [0.1, 0.15) is 13.4 Å². The monoisotopic (exact) mass is 354 g/mol. The van der Waals surface area contributed by atoms with E-state index in [2.05, 4.69) is 29.2 Å². The van der Waals surface area contributed by atoms with Crippen LogP contribution in [0, 0.1) is 0 Å². The van der Waals surface area contributed by atoms with E-state index in [1.165, 1.54) is 5.56 Å². The van der Waals surface area contributed by atoms with Gasteiger partial charge in [-0.1, -0.05) is 59.8 Å². The Hall–Kier alpha value is -2.50. The van der Waals surface area contributed by atoms with Gasteiger partial charge in [0.15, 0.2) is 0 Å². The number of likely N-dealkylation sites (N-methyl/N-ethyl adjacent to an activating group) is 1. The van der Waals surface area contributed by atoms with E-state index in [9.17, 15) is 4.79 Å². The Labute approximate surface area is 155 Å². The summed E-state index contributed by atoms with van der Waals surface area (Å²) in [4.78, 5) is 17.4. The molecule has 26 heavy (non-hydrogen) atoms. The predicted molar refractivity (Wildman–Crippen MR) is 105 cm³/mol. The Balaban J connectivity index is 0.000000190. The SMILES string of the molecule is COCC1C/C(=N/OC)CN1C.O=Cc1ccc(-c2ccccc2)cc1. The molecule has 0 aromatic heterocycles. The van der Waals surface area contributed by atoms with Gasteiger partial charge in [-0.2, -0.15) is 0 Å². The van der Waals surface area contributed by atoms with Crippen molar-refractivity contribution in [1.29, 1.82) is 0 Å². The van der Waals surface area contributed by atoms with Crippen molar-refractivity contribution in [3.63, 3.8) is 0 Å². The first kappa shape index (κ1) is 19.8. The van der Waals surface area contributed by atoms with E-state index in [4.69, 9.17) is 9.57 Å². The molecular weight excluding hydrogens is 328 g/mol. The molecule has 0 aliphatic carbocycles. The summed E-state index contributed by atoms with van der Waals surface area (Å²) in [6, 6.07) is 18.1. The van der Waals surface area contributed by atoms with Crippen LogP contribution in [-0.4, -0.2) is 57.4 Å². The van der Waals surface area contributed by atoms with Gasteiger partial charge in [0, 0.05) is 31.7 Å². The molecule has 1 fully saturated rings. The van der Waals surface area contributed by atoms with Crippen LogP contribution in [0.2, 0.25) is 0 Å². The van der Waals surface area contributed by atoms with Gasteiger partial charge in [0.2, 0.25) is 0 Å². The average molecular weight is 354 g/mol. The van der Waals surface area contributed by atoms with Gasteiger partial charge in [0.25, 0.3) is 0 Å². The van der Waals surface area contributed by atoms with Crippen LogP contribution in [-0.2, 0) is 9.57 Å². The van der Waals surface area contributed by atoms with Gasteiger partial charge in [-0.3, -0.25) is 9.69 Å². The summed E-state index contributed by atoms with van der Waals surface area (Å²) in [6.45, 7) is 1.65. The molecule has 0 N–H and O–H groups in total. The van der Waals surface area contributed by atoms with Crippen molar-refractivity contribution in [1.82, 2.24) is 4.90 Å². The number of benzene rings is 2. The summed E-state index contributed by atoms with van der Waals surface area (Å²) in [6.07, 6.45) is 1.81. The molecule has 3 rings (SSSR count). The van der Waals surface area contributed by atoms with Crippen molar-refractivity contribution in [2.24, 2.45) is 5.16 Å². The van der Waals surface area contributed by atoms with E-state index in [0.717, 1.165) is 37.1 Å². The lowest BCUT2D eigenvalue weighted by Crippen LogP contribution is -2.28. The maximum Gasteiger partial charge on any atom is 0.150 e. The molecule has 1 unspecified atom stereocenters. The number of hydrogen-bond acceptors (Lipinski definition) is 5. The molecule has 5 heteroatoms. The van der Waals surface area contributed by atoms with E-state index in [1.54, 1.807) is 14.2 Å². The number of likely N-dealkylation sites (tertiary alicyclic amines) is 1. The minimum Gasteiger partial charge on any atom is -0.399 e. The normalized spacial score (nSPS) is 18.3. The van der Waals surface area contributed by atoms with Crippen LogP contribution in [0.5, 0.6) is 0 Å². The molecule has 5 nitrogen and oxygen atoms in total. The smallest absolute Gasteiger partial charge is 0.150 e. The maximum absolute atomic E-state index is 10.5. The number of oxime groups is 1. The van der Waals surface area contributed by atoms with Crippen molar-refractivity contribution in [2.75, 3.05) is 34.4 Å². The fraction of sp³-hybridized carbons (Fsp3) is 0.333. The predicted octanol–water partition coefficient (Wildman–Crippen LogP) is 3.51. The lowest BCUT2D eigenvalue weighted by atomic mass is 10.0. The molecule has 1 aliphatic rings. The van der Waals surface area contributed by atoms with Crippen molar-refractivity contribution in [2.45, 2.75) is 12.5 Å². The average Bonchev–Trinajstić information content (AvgIpc) is 3.03. The maximum atomic E-state index is 10.5. The molecule has 2 aromatic carbocycles. The zero-order valence-corrected chi connectivity index (χ0v) is 15.6. The van der Waals surface area contributed by atoms with E-state index in [0.29, 0.717) is 11.6 Å². The number of ether oxygens (including phenoxy) is 1. The molecule has 0 radical (unpaired) electrons. The van der Waals surface area contributed by atoms with Gasteiger partial charge in [-0.15, -0.1) is 0 Å². The zero-order valence-electron chi connectivity index (χ0n) is 15.6. The second-order valence-corrected chi connectivity index (χ2v) is 6.17. The van der Waals surface area contributed by atoms with Crippen molar-refractivity contribution in [3.05, 3.63) is 60.2 Å². The van der Waals surface area contributed by atoms with E-state index < -0.39 is 0 Å². The molecule has 0 spiro atoms. The van der Waals surface area contributed by atoms with E-state index in [-0.39, 0.29) is 0 Å². The number of carbonyl (C=O) groups is 1. The highest BCUT2D eigenvalue weighted by molar-refractivity contribution is 5.88. The molecule has 0 bridgehead atoms. The van der Waals surface area contributed by atoms with Crippen LogP contribution in [0.25, 0.3) is 11.1 Å². The Bertz CT molecular complexity index is 699. The second kappa shape index (κ2) is 10.5. The standard InChI is InChI=1S/C13H10O.C8H16N2O2/c14-10-11-6-8-13(9-7-11)12-4-2-1-3-5-12;1-10-5-7(9-12-3)4-8(10)6-11-2/h1-10H;8H,4-6H2,1-3H3/b;9-7-. The molecular formula is C21H26N2O3. The van der Waals surface area contributed by atoms with Crippen LogP contribution in [0.3, 0.4) is 0 Å². The molecule has 138 valence electrons. The van der Waals surface area contributed by atoms with Crippen LogP contribution in [0.15, 0.2) is 59.8 Å². The topological polar surface area (TPSA) is 51.1 Å². The third-order valence-corrected chi connectivity index (χ3v) is 4.26. The van der Waals surface area contributed by atoms with Gasteiger partial charge in [-0.05, 0) is 18.2 Å². The van der Waals surface area contributed by atoms with Crippen LogP contribution in [0.1, 0.15) is 16.8 Å².